The first-order valence-electron chi connectivity index (χ1n) is 6.21. The van der Waals surface area contributed by atoms with Gasteiger partial charge in [-0.3, -0.25) is 4.98 Å². The van der Waals surface area contributed by atoms with Gasteiger partial charge in [0.25, 0.3) is 0 Å². The van der Waals surface area contributed by atoms with Gasteiger partial charge < -0.3 is 4.98 Å². The average molecular weight is 247 g/mol. The number of fused-ring (bicyclic) bond motifs is 1. The molecule has 3 rings (SSSR count). The van der Waals surface area contributed by atoms with E-state index in [1.807, 2.05) is 18.3 Å². The van der Waals surface area contributed by atoms with Crippen molar-refractivity contribution in [3.63, 3.8) is 0 Å². The molecule has 3 aromatic rings. The van der Waals surface area contributed by atoms with Crippen molar-refractivity contribution in [1.82, 2.24) is 9.97 Å². The third-order valence-electron chi connectivity index (χ3n) is 3.53. The Hall–Kier alpha value is -2.60. The number of rotatable bonds is 2. The normalized spacial score (nSPS) is 12.2. The van der Waals surface area contributed by atoms with Gasteiger partial charge in [0, 0.05) is 35.4 Å². The van der Waals surface area contributed by atoms with E-state index in [1.54, 1.807) is 18.5 Å². The van der Waals surface area contributed by atoms with Crippen molar-refractivity contribution in [2.45, 2.75) is 12.8 Å². The fourth-order valence-corrected chi connectivity index (χ4v) is 2.47. The molecule has 0 saturated carbocycles. The van der Waals surface area contributed by atoms with Crippen LogP contribution in [0.4, 0.5) is 0 Å². The van der Waals surface area contributed by atoms with Crippen molar-refractivity contribution in [2.24, 2.45) is 0 Å². The molecule has 0 aliphatic rings. The molecule has 0 bridgehead atoms. The van der Waals surface area contributed by atoms with E-state index in [0.29, 0.717) is 5.56 Å². The lowest BCUT2D eigenvalue weighted by Gasteiger charge is -2.12. The molecule has 19 heavy (non-hydrogen) atoms. The Balaban J connectivity index is 2.14. The first-order valence-corrected chi connectivity index (χ1v) is 6.21. The molecule has 0 spiro atoms. The number of nitrogens with one attached hydrogen (secondary N) is 1. The first-order chi connectivity index (χ1) is 9.31. The summed E-state index contributed by atoms with van der Waals surface area (Å²) in [6.07, 6.45) is 5.46. The van der Waals surface area contributed by atoms with Crippen LogP contribution in [0.15, 0.2) is 48.9 Å². The van der Waals surface area contributed by atoms with Gasteiger partial charge in [-0.25, -0.2) is 0 Å². The summed E-state index contributed by atoms with van der Waals surface area (Å²) in [5.74, 6) is 0.138. The highest BCUT2D eigenvalue weighted by Gasteiger charge is 2.16. The van der Waals surface area contributed by atoms with E-state index in [2.05, 4.69) is 35.1 Å². The molecule has 0 amide bonds. The van der Waals surface area contributed by atoms with Crippen LogP contribution in [0.1, 0.15) is 29.5 Å². The van der Waals surface area contributed by atoms with Crippen LogP contribution >= 0.6 is 0 Å². The van der Waals surface area contributed by atoms with Crippen LogP contribution in [-0.2, 0) is 0 Å². The highest BCUT2D eigenvalue weighted by atomic mass is 14.7. The van der Waals surface area contributed by atoms with E-state index in [9.17, 15) is 5.26 Å². The minimum absolute atomic E-state index is 0.138. The number of pyridine rings is 1. The summed E-state index contributed by atoms with van der Waals surface area (Å²) in [4.78, 5) is 7.42. The maximum absolute atomic E-state index is 9.19. The van der Waals surface area contributed by atoms with Gasteiger partial charge in [-0.05, 0) is 23.3 Å². The number of hydrogen-bond acceptors (Lipinski definition) is 2. The van der Waals surface area contributed by atoms with Crippen LogP contribution < -0.4 is 0 Å². The second kappa shape index (κ2) is 4.58. The number of hydrogen-bond donors (Lipinski definition) is 1. The standard InChI is InChI=1S/C16H13N3/c1-11(14-9-18-7-6-12(14)8-17)15-10-19-16-5-3-2-4-13(15)16/h2-7,9-11,19H,1H3. The average Bonchev–Trinajstić information content (AvgIpc) is 2.90. The van der Waals surface area contributed by atoms with Crippen LogP contribution in [0.5, 0.6) is 0 Å². The summed E-state index contributed by atoms with van der Waals surface area (Å²) >= 11 is 0. The minimum Gasteiger partial charge on any atom is -0.361 e. The number of H-pyrrole nitrogens is 1. The number of nitriles is 1. The Bertz CT molecular complexity index is 765. The molecule has 3 heteroatoms. The minimum atomic E-state index is 0.138. The third kappa shape index (κ3) is 1.88. The molecule has 0 radical (unpaired) electrons. The maximum Gasteiger partial charge on any atom is 0.0995 e. The van der Waals surface area contributed by atoms with Crippen molar-refractivity contribution in [3.05, 3.63) is 65.6 Å². The summed E-state index contributed by atoms with van der Waals surface area (Å²) in [7, 11) is 0. The van der Waals surface area contributed by atoms with Gasteiger partial charge in [-0.1, -0.05) is 25.1 Å². The lowest BCUT2D eigenvalue weighted by Crippen LogP contribution is -1.99. The quantitative estimate of drug-likeness (QED) is 0.752. The van der Waals surface area contributed by atoms with Crippen molar-refractivity contribution in [3.8, 4) is 6.07 Å². The third-order valence-corrected chi connectivity index (χ3v) is 3.53. The van der Waals surface area contributed by atoms with Crippen LogP contribution in [0, 0.1) is 11.3 Å². The molecule has 2 heterocycles. The fraction of sp³-hybridized carbons (Fsp3) is 0.125. The molecule has 0 aliphatic carbocycles. The number of aromatic amines is 1. The van der Waals surface area contributed by atoms with Crippen LogP contribution in [0.2, 0.25) is 0 Å². The van der Waals surface area contributed by atoms with Gasteiger partial charge >= 0.3 is 0 Å². The lowest BCUT2D eigenvalue weighted by molar-refractivity contribution is 0.915. The number of para-hydroxylation sites is 1. The molecule has 1 atom stereocenters. The zero-order valence-electron chi connectivity index (χ0n) is 10.6. The Labute approximate surface area is 111 Å². The number of nitrogens with zero attached hydrogens (tertiary/aromatic N) is 2. The van der Waals surface area contributed by atoms with Gasteiger partial charge in [0.15, 0.2) is 0 Å². The van der Waals surface area contributed by atoms with E-state index >= 15 is 0 Å². The molecular weight excluding hydrogens is 234 g/mol. The molecule has 0 aliphatic heterocycles. The molecule has 2 aromatic heterocycles. The van der Waals surface area contributed by atoms with Crippen molar-refractivity contribution in [1.29, 1.82) is 5.26 Å². The SMILES string of the molecule is CC(c1cnccc1C#N)c1c[nH]c2ccccc12. The Morgan fingerprint density at radius 3 is 2.89 bits per heavy atom. The number of aromatic nitrogens is 2. The lowest BCUT2D eigenvalue weighted by atomic mass is 9.91. The summed E-state index contributed by atoms with van der Waals surface area (Å²) in [6, 6.07) is 12.2. The van der Waals surface area contributed by atoms with Crippen molar-refractivity contribution >= 4 is 10.9 Å². The molecule has 1 unspecified atom stereocenters. The summed E-state index contributed by atoms with van der Waals surface area (Å²) in [6.45, 7) is 2.10. The van der Waals surface area contributed by atoms with Gasteiger partial charge in [0.05, 0.1) is 11.6 Å². The Morgan fingerprint density at radius 2 is 2.05 bits per heavy atom. The van der Waals surface area contributed by atoms with E-state index in [4.69, 9.17) is 0 Å². The summed E-state index contributed by atoms with van der Waals surface area (Å²) in [5.41, 5.74) is 3.97. The molecule has 92 valence electrons. The van der Waals surface area contributed by atoms with E-state index < -0.39 is 0 Å². The van der Waals surface area contributed by atoms with Gasteiger partial charge in [0.2, 0.25) is 0 Å². The molecule has 0 fully saturated rings. The smallest absolute Gasteiger partial charge is 0.0995 e. The van der Waals surface area contributed by atoms with Gasteiger partial charge in [-0.15, -0.1) is 0 Å². The molecule has 1 aromatic carbocycles. The Morgan fingerprint density at radius 1 is 1.21 bits per heavy atom. The van der Waals surface area contributed by atoms with Crippen molar-refractivity contribution < 1.29 is 0 Å². The monoisotopic (exact) mass is 247 g/mol. The zero-order chi connectivity index (χ0) is 13.2. The predicted molar refractivity (Wildman–Crippen MR) is 74.8 cm³/mol. The van der Waals surface area contributed by atoms with Gasteiger partial charge in [-0.2, -0.15) is 5.26 Å². The topological polar surface area (TPSA) is 52.5 Å². The molecule has 0 saturated heterocycles. The Kier molecular flexibility index (Phi) is 2.77. The van der Waals surface area contributed by atoms with Crippen LogP contribution in [0.3, 0.4) is 0 Å². The second-order valence-corrected chi connectivity index (χ2v) is 4.59. The highest BCUT2D eigenvalue weighted by molar-refractivity contribution is 5.84. The zero-order valence-corrected chi connectivity index (χ0v) is 10.6. The molecule has 1 N–H and O–H groups in total. The largest absolute Gasteiger partial charge is 0.361 e. The van der Waals surface area contributed by atoms with Crippen molar-refractivity contribution in [2.75, 3.05) is 0 Å². The molecule has 3 nitrogen and oxygen atoms in total. The summed E-state index contributed by atoms with van der Waals surface area (Å²) in [5, 5.41) is 10.4. The second-order valence-electron chi connectivity index (χ2n) is 4.59. The van der Waals surface area contributed by atoms with E-state index in [0.717, 1.165) is 11.1 Å². The van der Waals surface area contributed by atoms with E-state index in [-0.39, 0.29) is 5.92 Å². The van der Waals surface area contributed by atoms with Crippen LogP contribution in [-0.4, -0.2) is 9.97 Å². The molecular formula is C16H13N3. The predicted octanol–water partition coefficient (Wildman–Crippen LogP) is 3.59. The van der Waals surface area contributed by atoms with E-state index in [1.165, 1.54) is 10.9 Å². The van der Waals surface area contributed by atoms with Crippen LogP contribution in [0.25, 0.3) is 10.9 Å². The van der Waals surface area contributed by atoms with Gasteiger partial charge in [0.1, 0.15) is 0 Å². The number of benzene rings is 1. The first kappa shape index (κ1) is 11.5. The summed E-state index contributed by atoms with van der Waals surface area (Å²) < 4.78 is 0. The highest BCUT2D eigenvalue weighted by Crippen LogP contribution is 2.31. The fourth-order valence-electron chi connectivity index (χ4n) is 2.47. The maximum atomic E-state index is 9.19.